The zero-order valence-corrected chi connectivity index (χ0v) is 22.4. The van der Waals surface area contributed by atoms with Crippen molar-refractivity contribution in [1.29, 1.82) is 0 Å². The zero-order valence-electron chi connectivity index (χ0n) is 20.1. The molecule has 0 spiro atoms. The normalized spacial score (nSPS) is 12.0. The second kappa shape index (κ2) is 12.9. The Morgan fingerprint density at radius 2 is 1.83 bits per heavy atom. The molecule has 1 N–H and O–H groups in total. The third kappa shape index (κ3) is 8.07. The number of nitro groups is 1. The van der Waals surface area contributed by atoms with Crippen LogP contribution < -0.4 is 9.62 Å². The molecule has 0 saturated heterocycles. The molecule has 2 aromatic carbocycles. The summed E-state index contributed by atoms with van der Waals surface area (Å²) >= 11 is 12.1. The van der Waals surface area contributed by atoms with E-state index >= 15 is 0 Å². The molecule has 0 radical (unpaired) electrons. The van der Waals surface area contributed by atoms with E-state index in [9.17, 15) is 28.1 Å². The number of benzene rings is 2. The Morgan fingerprint density at radius 3 is 2.42 bits per heavy atom. The fourth-order valence-electron chi connectivity index (χ4n) is 3.33. The first-order valence-electron chi connectivity index (χ1n) is 11.1. The molecule has 0 unspecified atom stereocenters. The molecular weight excluding hydrogens is 531 g/mol. The first kappa shape index (κ1) is 29.3. The number of amides is 2. The number of carbonyl (C=O) groups is 2. The van der Waals surface area contributed by atoms with E-state index in [2.05, 4.69) is 5.32 Å². The van der Waals surface area contributed by atoms with Crippen molar-refractivity contribution in [3.05, 3.63) is 68.2 Å². The Labute approximate surface area is 220 Å². The summed E-state index contributed by atoms with van der Waals surface area (Å²) in [5.74, 6) is -1.09. The smallest absolute Gasteiger partial charge is 0.271 e. The molecule has 0 aliphatic carbocycles. The van der Waals surface area contributed by atoms with Gasteiger partial charge in [-0.15, -0.1) is 0 Å². The second-order valence-corrected chi connectivity index (χ2v) is 10.9. The van der Waals surface area contributed by atoms with E-state index in [0.29, 0.717) is 17.1 Å². The first-order chi connectivity index (χ1) is 16.8. The molecule has 10 nitrogen and oxygen atoms in total. The Balaban J connectivity index is 2.41. The molecule has 36 heavy (non-hydrogen) atoms. The van der Waals surface area contributed by atoms with Crippen LogP contribution in [0.25, 0.3) is 0 Å². The van der Waals surface area contributed by atoms with Crippen molar-refractivity contribution in [3.8, 4) is 0 Å². The number of hydrogen-bond donors (Lipinski definition) is 1. The van der Waals surface area contributed by atoms with E-state index < -0.39 is 39.3 Å². The van der Waals surface area contributed by atoms with E-state index in [1.165, 1.54) is 30.0 Å². The van der Waals surface area contributed by atoms with Crippen LogP contribution in [0, 0.1) is 10.1 Å². The number of sulfonamides is 1. The summed E-state index contributed by atoms with van der Waals surface area (Å²) in [4.78, 5) is 38.0. The van der Waals surface area contributed by atoms with E-state index in [4.69, 9.17) is 23.2 Å². The predicted molar refractivity (Wildman–Crippen MR) is 140 cm³/mol. The summed E-state index contributed by atoms with van der Waals surface area (Å²) < 4.78 is 25.9. The van der Waals surface area contributed by atoms with Crippen LogP contribution in [0.1, 0.15) is 32.3 Å². The SMILES string of the molecule is CCCCNC(=O)[C@@H](C)N(Cc1ccc(Cl)c(Cl)c1)C(=O)CN(c1cccc([N+](=O)[O-])c1)S(C)(=O)=O. The van der Waals surface area contributed by atoms with Crippen molar-refractivity contribution in [1.82, 2.24) is 10.2 Å². The van der Waals surface area contributed by atoms with E-state index in [0.717, 1.165) is 29.5 Å². The maximum atomic E-state index is 13.5. The van der Waals surface area contributed by atoms with Crippen molar-refractivity contribution >= 4 is 56.4 Å². The van der Waals surface area contributed by atoms with Gasteiger partial charge in [-0.3, -0.25) is 24.0 Å². The van der Waals surface area contributed by atoms with Gasteiger partial charge >= 0.3 is 0 Å². The van der Waals surface area contributed by atoms with Gasteiger partial charge in [0.15, 0.2) is 0 Å². The third-order valence-electron chi connectivity index (χ3n) is 5.34. The second-order valence-electron chi connectivity index (χ2n) is 8.14. The lowest BCUT2D eigenvalue weighted by Crippen LogP contribution is -2.51. The fraction of sp³-hybridized carbons (Fsp3) is 0.391. The van der Waals surface area contributed by atoms with Gasteiger partial charge in [0.05, 0.1) is 26.9 Å². The molecule has 0 aromatic heterocycles. The zero-order chi connectivity index (χ0) is 27.0. The molecule has 0 heterocycles. The number of nitrogens with zero attached hydrogens (tertiary/aromatic N) is 3. The summed E-state index contributed by atoms with van der Waals surface area (Å²) in [5, 5.41) is 14.5. The molecule has 0 bridgehead atoms. The molecule has 0 fully saturated rings. The largest absolute Gasteiger partial charge is 0.354 e. The van der Waals surface area contributed by atoms with Gasteiger partial charge < -0.3 is 10.2 Å². The minimum Gasteiger partial charge on any atom is -0.354 e. The van der Waals surface area contributed by atoms with Gasteiger partial charge in [-0.25, -0.2) is 8.42 Å². The van der Waals surface area contributed by atoms with Crippen molar-refractivity contribution in [2.45, 2.75) is 39.3 Å². The fourth-order valence-corrected chi connectivity index (χ4v) is 4.49. The summed E-state index contributed by atoms with van der Waals surface area (Å²) in [7, 11) is -4.01. The molecule has 196 valence electrons. The Bertz CT molecular complexity index is 1220. The lowest BCUT2D eigenvalue weighted by molar-refractivity contribution is -0.384. The van der Waals surface area contributed by atoms with Crippen molar-refractivity contribution < 1.29 is 22.9 Å². The molecule has 13 heteroatoms. The van der Waals surface area contributed by atoms with Crippen LogP contribution >= 0.6 is 23.2 Å². The Morgan fingerprint density at radius 1 is 1.14 bits per heavy atom. The number of anilines is 1. The topological polar surface area (TPSA) is 130 Å². The summed E-state index contributed by atoms with van der Waals surface area (Å²) in [6, 6.07) is 8.77. The number of carbonyl (C=O) groups excluding carboxylic acids is 2. The lowest BCUT2D eigenvalue weighted by atomic mass is 10.1. The summed E-state index contributed by atoms with van der Waals surface area (Å²) in [6.07, 6.45) is 2.52. The maximum Gasteiger partial charge on any atom is 0.271 e. The Hall–Kier alpha value is -2.89. The number of unbranched alkanes of at least 4 members (excludes halogenated alkanes) is 1. The van der Waals surface area contributed by atoms with Crippen molar-refractivity contribution in [3.63, 3.8) is 0 Å². The van der Waals surface area contributed by atoms with Gasteiger partial charge in [-0.2, -0.15) is 0 Å². The molecule has 0 saturated carbocycles. The standard InChI is InChI=1S/C23H28Cl2N4O6S/c1-4-5-11-26-23(31)16(2)27(14-17-9-10-20(24)21(25)12-17)22(30)15-28(36(3,34)35)18-7-6-8-19(13-18)29(32)33/h6-10,12-13,16H,4-5,11,14-15H2,1-3H3,(H,26,31)/t16-/m1/s1. The highest BCUT2D eigenvalue weighted by atomic mass is 35.5. The number of halogens is 2. The van der Waals surface area contributed by atoms with Gasteiger partial charge in [0.25, 0.3) is 5.69 Å². The van der Waals surface area contributed by atoms with Crippen LogP contribution in [0.15, 0.2) is 42.5 Å². The van der Waals surface area contributed by atoms with Crippen molar-refractivity contribution in [2.75, 3.05) is 23.7 Å². The van der Waals surface area contributed by atoms with Crippen LogP contribution in [0.4, 0.5) is 11.4 Å². The van der Waals surface area contributed by atoms with Crippen molar-refractivity contribution in [2.24, 2.45) is 0 Å². The number of nitrogens with one attached hydrogen (secondary N) is 1. The maximum absolute atomic E-state index is 13.5. The summed E-state index contributed by atoms with van der Waals surface area (Å²) in [5.41, 5.74) is 0.201. The monoisotopic (exact) mass is 558 g/mol. The number of nitro benzene ring substituents is 1. The minimum absolute atomic E-state index is 0.0467. The van der Waals surface area contributed by atoms with E-state index in [1.54, 1.807) is 18.2 Å². The average Bonchev–Trinajstić information content (AvgIpc) is 2.82. The lowest BCUT2D eigenvalue weighted by Gasteiger charge is -2.31. The highest BCUT2D eigenvalue weighted by Crippen LogP contribution is 2.25. The highest BCUT2D eigenvalue weighted by molar-refractivity contribution is 7.92. The number of hydrogen-bond acceptors (Lipinski definition) is 6. The van der Waals surface area contributed by atoms with Gasteiger partial charge in [0.2, 0.25) is 21.8 Å². The molecule has 2 aromatic rings. The molecule has 0 aliphatic heterocycles. The first-order valence-corrected chi connectivity index (χ1v) is 13.7. The van der Waals surface area contributed by atoms with Crippen LogP contribution in [0.5, 0.6) is 0 Å². The van der Waals surface area contributed by atoms with Crippen LogP contribution in [-0.4, -0.2) is 55.4 Å². The van der Waals surface area contributed by atoms with Crippen LogP contribution in [-0.2, 0) is 26.2 Å². The van der Waals surface area contributed by atoms with E-state index in [1.807, 2.05) is 6.92 Å². The number of rotatable bonds is 12. The summed E-state index contributed by atoms with van der Waals surface area (Å²) in [6.45, 7) is 3.22. The predicted octanol–water partition coefficient (Wildman–Crippen LogP) is 4.00. The van der Waals surface area contributed by atoms with Gasteiger partial charge in [0.1, 0.15) is 12.6 Å². The van der Waals surface area contributed by atoms with Crippen LogP contribution in [0.3, 0.4) is 0 Å². The Kier molecular flexibility index (Phi) is 10.5. The number of non-ortho nitro benzene ring substituents is 1. The minimum atomic E-state index is -4.01. The van der Waals surface area contributed by atoms with Crippen LogP contribution in [0.2, 0.25) is 10.0 Å². The third-order valence-corrected chi connectivity index (χ3v) is 7.22. The van der Waals surface area contributed by atoms with E-state index in [-0.39, 0.29) is 22.9 Å². The molecular formula is C23H28Cl2N4O6S. The highest BCUT2D eigenvalue weighted by Gasteiger charge is 2.30. The molecule has 0 aliphatic rings. The van der Waals surface area contributed by atoms with Gasteiger partial charge in [-0.1, -0.05) is 48.7 Å². The average molecular weight is 559 g/mol. The quantitative estimate of drug-likeness (QED) is 0.238. The molecule has 2 amide bonds. The molecule has 1 atom stereocenters. The van der Waals surface area contributed by atoms with Gasteiger partial charge in [0, 0.05) is 25.2 Å². The van der Waals surface area contributed by atoms with Gasteiger partial charge in [-0.05, 0) is 37.1 Å². The molecule has 2 rings (SSSR count).